The predicted octanol–water partition coefficient (Wildman–Crippen LogP) is 4.52. The average molecular weight is 321 g/mol. The molecule has 0 fully saturated rings. The van der Waals surface area contributed by atoms with Gasteiger partial charge < -0.3 is 4.74 Å². The summed E-state index contributed by atoms with van der Waals surface area (Å²) >= 11 is 0. The number of aromatic nitrogens is 2. The lowest BCUT2D eigenvalue weighted by atomic mass is 9.87. The second-order valence-electron chi connectivity index (χ2n) is 7.05. The lowest BCUT2D eigenvalue weighted by Crippen LogP contribution is -2.36. The van der Waals surface area contributed by atoms with E-state index in [4.69, 9.17) is 4.74 Å². The lowest BCUT2D eigenvalue weighted by Gasteiger charge is -2.19. The molecule has 1 N–H and O–H groups in total. The molecule has 0 saturated heterocycles. The first-order chi connectivity index (χ1) is 11.5. The number of benzene rings is 2. The fourth-order valence-corrected chi connectivity index (χ4v) is 2.84. The van der Waals surface area contributed by atoms with Gasteiger partial charge in [0.25, 0.3) is 5.82 Å². The molecule has 124 valence electrons. The van der Waals surface area contributed by atoms with E-state index < -0.39 is 0 Å². The number of aromatic amines is 1. The number of H-pyrrole nitrogens is 1. The third-order valence-electron chi connectivity index (χ3n) is 4.21. The predicted molar refractivity (Wildman–Crippen MR) is 98.2 cm³/mol. The number of nitrogens with one attached hydrogen (secondary N) is 1. The molecule has 0 spiro atoms. The molecule has 3 nitrogen and oxygen atoms in total. The quantitative estimate of drug-likeness (QED) is 0.543. The zero-order valence-electron chi connectivity index (χ0n) is 14.7. The molecule has 2 aromatic carbocycles. The molecule has 3 rings (SSSR count). The largest absolute Gasteiger partial charge is 0.481 e. The molecule has 1 aromatic heterocycles. The van der Waals surface area contributed by atoms with E-state index in [1.807, 2.05) is 30.3 Å². The number of para-hydroxylation sites is 2. The maximum atomic E-state index is 5.99. The standard InChI is InChI=1S/C21H24N2O/c1-5-14-23-19-9-7-6-8-18(19)22-20(23)15-24-17-12-10-16(11-13-17)21(2,3)4/h5-13H,1,14-15H2,2-4H3/p+1. The van der Waals surface area contributed by atoms with Crippen LogP contribution in [0.5, 0.6) is 5.75 Å². The highest BCUT2D eigenvalue weighted by Crippen LogP contribution is 2.24. The summed E-state index contributed by atoms with van der Waals surface area (Å²) in [7, 11) is 0. The smallest absolute Gasteiger partial charge is 0.294 e. The molecular formula is C21H25N2O+. The van der Waals surface area contributed by atoms with Gasteiger partial charge in [0.05, 0.1) is 0 Å². The van der Waals surface area contributed by atoms with Crippen LogP contribution in [0.4, 0.5) is 0 Å². The van der Waals surface area contributed by atoms with Gasteiger partial charge in [-0.1, -0.05) is 57.7 Å². The van der Waals surface area contributed by atoms with Crippen LogP contribution in [-0.4, -0.2) is 4.98 Å². The van der Waals surface area contributed by atoms with Crippen molar-refractivity contribution < 1.29 is 9.30 Å². The average Bonchev–Trinajstić information content (AvgIpc) is 2.91. The fourth-order valence-electron chi connectivity index (χ4n) is 2.84. The van der Waals surface area contributed by atoms with E-state index in [1.165, 1.54) is 11.1 Å². The maximum absolute atomic E-state index is 5.99. The van der Waals surface area contributed by atoms with Crippen molar-refractivity contribution in [1.82, 2.24) is 4.98 Å². The molecule has 24 heavy (non-hydrogen) atoms. The number of hydrogen-bond donors (Lipinski definition) is 1. The SMILES string of the molecule is C=CC[n+]1c(COc2ccc(C(C)(C)C)cc2)[nH]c2ccccc21. The second-order valence-corrected chi connectivity index (χ2v) is 7.05. The Bertz CT molecular complexity index is 838. The summed E-state index contributed by atoms with van der Waals surface area (Å²) in [6.45, 7) is 11.8. The Morgan fingerprint density at radius 1 is 1.08 bits per heavy atom. The van der Waals surface area contributed by atoms with E-state index in [9.17, 15) is 0 Å². The number of hydrogen-bond acceptors (Lipinski definition) is 1. The fraction of sp³-hybridized carbons (Fsp3) is 0.286. The van der Waals surface area contributed by atoms with Crippen molar-refractivity contribution in [2.75, 3.05) is 0 Å². The van der Waals surface area contributed by atoms with Gasteiger partial charge >= 0.3 is 0 Å². The Kier molecular flexibility index (Phi) is 4.43. The normalized spacial score (nSPS) is 11.6. The number of ether oxygens (including phenoxy) is 1. The van der Waals surface area contributed by atoms with E-state index in [2.05, 4.69) is 61.2 Å². The van der Waals surface area contributed by atoms with Crippen LogP contribution in [0.2, 0.25) is 0 Å². The molecule has 0 aliphatic rings. The first kappa shape index (κ1) is 16.3. The van der Waals surface area contributed by atoms with Crippen molar-refractivity contribution in [2.45, 2.75) is 39.3 Å². The zero-order valence-corrected chi connectivity index (χ0v) is 14.7. The van der Waals surface area contributed by atoms with Crippen molar-refractivity contribution in [3.8, 4) is 5.75 Å². The summed E-state index contributed by atoms with van der Waals surface area (Å²) in [6, 6.07) is 16.6. The van der Waals surface area contributed by atoms with Crippen molar-refractivity contribution in [3.63, 3.8) is 0 Å². The van der Waals surface area contributed by atoms with Crippen LogP contribution in [0.15, 0.2) is 61.2 Å². The Morgan fingerprint density at radius 3 is 2.46 bits per heavy atom. The van der Waals surface area contributed by atoms with Crippen LogP contribution in [0.3, 0.4) is 0 Å². The van der Waals surface area contributed by atoms with Gasteiger partial charge in [-0.05, 0) is 35.2 Å². The van der Waals surface area contributed by atoms with Gasteiger partial charge in [0.1, 0.15) is 12.3 Å². The molecule has 0 unspecified atom stereocenters. The Labute approximate surface area is 143 Å². The molecule has 0 atom stereocenters. The van der Waals surface area contributed by atoms with Gasteiger partial charge in [-0.25, -0.2) is 9.55 Å². The van der Waals surface area contributed by atoms with Gasteiger partial charge in [0.15, 0.2) is 17.6 Å². The first-order valence-corrected chi connectivity index (χ1v) is 8.33. The minimum absolute atomic E-state index is 0.155. The Morgan fingerprint density at radius 2 is 1.79 bits per heavy atom. The third-order valence-corrected chi connectivity index (χ3v) is 4.21. The summed E-state index contributed by atoms with van der Waals surface area (Å²) in [4.78, 5) is 3.45. The molecule has 1 heterocycles. The third kappa shape index (κ3) is 3.35. The minimum Gasteiger partial charge on any atom is -0.481 e. The molecule has 0 bridgehead atoms. The topological polar surface area (TPSA) is 28.9 Å². The van der Waals surface area contributed by atoms with Crippen molar-refractivity contribution in [2.24, 2.45) is 0 Å². The van der Waals surface area contributed by atoms with Gasteiger partial charge in [0, 0.05) is 0 Å². The highest BCUT2D eigenvalue weighted by Gasteiger charge is 2.18. The summed E-state index contributed by atoms with van der Waals surface area (Å²) in [5, 5.41) is 0. The number of fused-ring (bicyclic) bond motifs is 1. The highest BCUT2D eigenvalue weighted by atomic mass is 16.5. The molecular weight excluding hydrogens is 296 g/mol. The van der Waals surface area contributed by atoms with Gasteiger partial charge in [0.2, 0.25) is 0 Å². The van der Waals surface area contributed by atoms with E-state index in [0.717, 1.165) is 23.6 Å². The Balaban J connectivity index is 1.80. The van der Waals surface area contributed by atoms with Crippen molar-refractivity contribution >= 4 is 11.0 Å². The van der Waals surface area contributed by atoms with Crippen LogP contribution >= 0.6 is 0 Å². The van der Waals surface area contributed by atoms with Crippen LogP contribution in [-0.2, 0) is 18.6 Å². The van der Waals surface area contributed by atoms with Gasteiger partial charge in [-0.3, -0.25) is 0 Å². The van der Waals surface area contributed by atoms with Crippen LogP contribution < -0.4 is 9.30 Å². The van der Waals surface area contributed by atoms with Crippen LogP contribution in [0.25, 0.3) is 11.0 Å². The summed E-state index contributed by atoms with van der Waals surface area (Å²) in [5.41, 5.74) is 3.74. The molecule has 0 saturated carbocycles. The highest BCUT2D eigenvalue weighted by molar-refractivity contribution is 5.71. The van der Waals surface area contributed by atoms with Gasteiger partial charge in [-0.15, -0.1) is 0 Å². The van der Waals surface area contributed by atoms with Crippen LogP contribution in [0, 0.1) is 0 Å². The molecule has 3 aromatic rings. The number of nitrogens with zero attached hydrogens (tertiary/aromatic N) is 1. The first-order valence-electron chi connectivity index (χ1n) is 8.33. The van der Waals surface area contributed by atoms with E-state index >= 15 is 0 Å². The number of allylic oxidation sites excluding steroid dienone is 1. The van der Waals surface area contributed by atoms with E-state index in [-0.39, 0.29) is 5.41 Å². The Hall–Kier alpha value is -2.55. The zero-order chi connectivity index (χ0) is 17.2. The molecule has 3 heteroatoms. The van der Waals surface area contributed by atoms with E-state index in [0.29, 0.717) is 6.61 Å². The second kappa shape index (κ2) is 6.52. The monoisotopic (exact) mass is 321 g/mol. The molecule has 0 amide bonds. The molecule has 0 radical (unpaired) electrons. The van der Waals surface area contributed by atoms with Crippen LogP contribution in [0.1, 0.15) is 32.2 Å². The van der Waals surface area contributed by atoms with Crippen molar-refractivity contribution in [3.05, 3.63) is 72.6 Å². The summed E-state index contributed by atoms with van der Waals surface area (Å²) in [5.74, 6) is 1.92. The number of rotatable bonds is 5. The summed E-state index contributed by atoms with van der Waals surface area (Å²) in [6.07, 6.45) is 1.90. The lowest BCUT2D eigenvalue weighted by molar-refractivity contribution is -0.670. The van der Waals surface area contributed by atoms with Gasteiger partial charge in [-0.2, -0.15) is 0 Å². The van der Waals surface area contributed by atoms with E-state index in [1.54, 1.807) is 0 Å². The molecule has 0 aliphatic carbocycles. The minimum atomic E-state index is 0.155. The summed E-state index contributed by atoms with van der Waals surface area (Å²) < 4.78 is 8.19. The number of imidazole rings is 1. The maximum Gasteiger partial charge on any atom is 0.294 e. The van der Waals surface area contributed by atoms with Crippen molar-refractivity contribution in [1.29, 1.82) is 0 Å². The molecule has 0 aliphatic heterocycles.